The van der Waals surface area contributed by atoms with Crippen molar-refractivity contribution < 1.29 is 0 Å². The molecule has 0 spiro atoms. The summed E-state index contributed by atoms with van der Waals surface area (Å²) in [6.07, 6.45) is 0. The van der Waals surface area contributed by atoms with Crippen LogP contribution in [0, 0.1) is 16.7 Å². The van der Waals surface area contributed by atoms with Gasteiger partial charge in [0.25, 0.3) is 0 Å². The Balaban J connectivity index is 2.26. The number of benzene rings is 2. The Morgan fingerprint density at radius 1 is 1.21 bits per heavy atom. The summed E-state index contributed by atoms with van der Waals surface area (Å²) >= 11 is 7.10. The molecule has 0 saturated carbocycles. The third-order valence-corrected chi connectivity index (χ3v) is 4.80. The molecule has 0 amide bonds. The number of fused-ring (bicyclic) bond motifs is 1. The first-order chi connectivity index (χ1) is 9.03. The fourth-order valence-corrected chi connectivity index (χ4v) is 3.00. The Morgan fingerprint density at radius 3 is 2.63 bits per heavy atom. The molecule has 0 radical (unpaired) electrons. The van der Waals surface area contributed by atoms with Crippen molar-refractivity contribution in [3.8, 4) is 6.07 Å². The topological polar surface area (TPSA) is 23.8 Å². The number of hydrogen-bond donors (Lipinski definition) is 0. The minimum absolute atomic E-state index is 0.348. The van der Waals surface area contributed by atoms with Crippen LogP contribution in [-0.2, 0) is 0 Å². The molecule has 3 heteroatoms. The lowest BCUT2D eigenvalue weighted by molar-refractivity contribution is 0.575. The maximum absolute atomic E-state index is 9.04. The van der Waals surface area contributed by atoms with Crippen LogP contribution in [0.4, 0.5) is 0 Å². The van der Waals surface area contributed by atoms with Crippen molar-refractivity contribution in [3.63, 3.8) is 0 Å². The lowest BCUT2D eigenvalue weighted by Crippen LogP contribution is -2.12. The van der Waals surface area contributed by atoms with Crippen LogP contribution in [0.2, 0.25) is 0 Å². The Kier molecular flexibility index (Phi) is 4.24. The molecule has 2 aromatic rings. The molecule has 0 heterocycles. The van der Waals surface area contributed by atoms with Crippen molar-refractivity contribution in [3.05, 3.63) is 48.0 Å². The maximum atomic E-state index is 9.04. The number of rotatable bonds is 3. The first-order valence-corrected chi connectivity index (χ1v) is 7.49. The van der Waals surface area contributed by atoms with Crippen LogP contribution in [0.15, 0.2) is 42.5 Å². The van der Waals surface area contributed by atoms with E-state index >= 15 is 0 Å². The zero-order valence-corrected chi connectivity index (χ0v) is 12.6. The van der Waals surface area contributed by atoms with Gasteiger partial charge in [0.05, 0.1) is 15.7 Å². The zero-order valence-electron chi connectivity index (χ0n) is 11.0. The van der Waals surface area contributed by atoms with Gasteiger partial charge < -0.3 is 0 Å². The van der Waals surface area contributed by atoms with E-state index in [4.69, 9.17) is 17.5 Å². The number of nitriles is 1. The number of thioether (sulfide) groups is 1. The summed E-state index contributed by atoms with van der Waals surface area (Å²) in [5.41, 5.74) is 0.742. The predicted octanol–water partition coefficient (Wildman–Crippen LogP) is 4.80. The smallest absolute Gasteiger partial charge is 0.0785 e. The minimum Gasteiger partial charge on any atom is -0.198 e. The summed E-state index contributed by atoms with van der Waals surface area (Å²) in [7, 11) is 0. The summed E-state index contributed by atoms with van der Waals surface area (Å²) in [5, 5.41) is 11.4. The molecule has 0 aromatic heterocycles. The van der Waals surface area contributed by atoms with Gasteiger partial charge in [-0.3, -0.25) is 0 Å². The van der Waals surface area contributed by atoms with Gasteiger partial charge in [-0.1, -0.05) is 54.7 Å². The Hall–Kier alpha value is -1.37. The van der Waals surface area contributed by atoms with Crippen LogP contribution in [0.25, 0.3) is 10.8 Å². The van der Waals surface area contributed by atoms with Gasteiger partial charge in [-0.05, 0) is 24.6 Å². The van der Waals surface area contributed by atoms with E-state index in [1.807, 2.05) is 32.0 Å². The summed E-state index contributed by atoms with van der Waals surface area (Å²) in [5.74, 6) is 0.714. The van der Waals surface area contributed by atoms with Crippen LogP contribution in [0.1, 0.15) is 19.4 Å². The SMILES string of the molecule is CC(C)(C#N)CSC(=S)c1cccc2ccccc12. The third-order valence-electron chi connectivity index (χ3n) is 2.88. The molecule has 96 valence electrons. The van der Waals surface area contributed by atoms with Crippen LogP contribution in [0.5, 0.6) is 0 Å². The predicted molar refractivity (Wildman–Crippen MR) is 87.5 cm³/mol. The molecular weight excluding hydrogens is 270 g/mol. The lowest BCUT2D eigenvalue weighted by atomic mass is 10.00. The lowest BCUT2D eigenvalue weighted by Gasteiger charge is -2.15. The maximum Gasteiger partial charge on any atom is 0.0785 e. The average molecular weight is 285 g/mol. The molecule has 0 aliphatic heterocycles. The number of nitrogens with zero attached hydrogens (tertiary/aromatic N) is 1. The molecule has 0 atom stereocenters. The quantitative estimate of drug-likeness (QED) is 0.757. The van der Waals surface area contributed by atoms with Crippen LogP contribution < -0.4 is 0 Å². The van der Waals surface area contributed by atoms with Crippen molar-refractivity contribution >= 4 is 38.9 Å². The summed E-state index contributed by atoms with van der Waals surface area (Å²) in [6.45, 7) is 3.87. The van der Waals surface area contributed by atoms with Gasteiger partial charge in [0.2, 0.25) is 0 Å². The highest BCUT2D eigenvalue weighted by atomic mass is 32.2. The highest BCUT2D eigenvalue weighted by molar-refractivity contribution is 8.23. The van der Waals surface area contributed by atoms with E-state index in [9.17, 15) is 0 Å². The second-order valence-electron chi connectivity index (χ2n) is 5.10. The van der Waals surface area contributed by atoms with E-state index in [2.05, 4.69) is 30.3 Å². The second-order valence-corrected chi connectivity index (χ2v) is 6.75. The van der Waals surface area contributed by atoms with Gasteiger partial charge in [-0.25, -0.2) is 0 Å². The van der Waals surface area contributed by atoms with Gasteiger partial charge in [-0.15, -0.1) is 11.8 Å². The Morgan fingerprint density at radius 2 is 1.89 bits per heavy atom. The van der Waals surface area contributed by atoms with Crippen LogP contribution in [0.3, 0.4) is 0 Å². The molecule has 0 bridgehead atoms. The van der Waals surface area contributed by atoms with Crippen molar-refractivity contribution in [1.29, 1.82) is 5.26 Å². The molecule has 0 N–H and O–H groups in total. The fraction of sp³-hybridized carbons (Fsp3) is 0.250. The van der Waals surface area contributed by atoms with Crippen LogP contribution >= 0.6 is 24.0 Å². The van der Waals surface area contributed by atoms with Gasteiger partial charge in [0.15, 0.2) is 0 Å². The van der Waals surface area contributed by atoms with Gasteiger partial charge >= 0.3 is 0 Å². The number of thiocarbonyl (C=S) groups is 1. The van der Waals surface area contributed by atoms with E-state index in [0.29, 0.717) is 5.75 Å². The third kappa shape index (κ3) is 3.34. The van der Waals surface area contributed by atoms with E-state index in [-0.39, 0.29) is 5.41 Å². The molecule has 0 saturated heterocycles. The van der Waals surface area contributed by atoms with Crippen molar-refractivity contribution in [2.45, 2.75) is 13.8 Å². The van der Waals surface area contributed by atoms with Crippen molar-refractivity contribution in [2.24, 2.45) is 5.41 Å². The first-order valence-electron chi connectivity index (χ1n) is 6.10. The summed E-state index contributed by atoms with van der Waals surface area (Å²) in [6, 6.07) is 16.7. The van der Waals surface area contributed by atoms with E-state index in [1.165, 1.54) is 10.8 Å². The molecule has 0 aliphatic carbocycles. The molecule has 0 aliphatic rings. The van der Waals surface area contributed by atoms with E-state index in [1.54, 1.807) is 11.8 Å². The normalized spacial score (nSPS) is 11.2. The summed E-state index contributed by atoms with van der Waals surface area (Å²) < 4.78 is 0.861. The molecule has 1 nitrogen and oxygen atoms in total. The zero-order chi connectivity index (χ0) is 13.9. The van der Waals surface area contributed by atoms with E-state index in [0.717, 1.165) is 9.76 Å². The highest BCUT2D eigenvalue weighted by Gasteiger charge is 2.18. The Bertz CT molecular complexity index is 648. The molecule has 0 unspecified atom stereocenters. The molecular formula is C16H15NS2. The standard InChI is InChI=1S/C16H15NS2/c1-16(2,10-17)11-19-15(18)14-9-5-7-12-6-3-4-8-13(12)14/h3-9H,11H2,1-2H3. The molecule has 2 aromatic carbocycles. The van der Waals surface area contributed by atoms with Gasteiger partial charge in [-0.2, -0.15) is 5.26 Å². The summed E-state index contributed by atoms with van der Waals surface area (Å²) in [4.78, 5) is 0. The fourth-order valence-electron chi connectivity index (χ4n) is 1.76. The van der Waals surface area contributed by atoms with Crippen LogP contribution in [-0.4, -0.2) is 9.95 Å². The molecule has 0 fully saturated rings. The first kappa shape index (κ1) is 14.0. The Labute approximate surface area is 123 Å². The molecule has 2 rings (SSSR count). The minimum atomic E-state index is -0.348. The molecule has 19 heavy (non-hydrogen) atoms. The monoisotopic (exact) mass is 285 g/mol. The number of hydrogen-bond acceptors (Lipinski definition) is 3. The largest absolute Gasteiger partial charge is 0.198 e. The highest BCUT2D eigenvalue weighted by Crippen LogP contribution is 2.27. The van der Waals surface area contributed by atoms with Crippen molar-refractivity contribution in [2.75, 3.05) is 5.75 Å². The van der Waals surface area contributed by atoms with Crippen molar-refractivity contribution in [1.82, 2.24) is 0 Å². The van der Waals surface area contributed by atoms with E-state index < -0.39 is 0 Å². The van der Waals surface area contributed by atoms with Gasteiger partial charge in [0.1, 0.15) is 0 Å². The second kappa shape index (κ2) is 5.73. The van der Waals surface area contributed by atoms with Gasteiger partial charge in [0, 0.05) is 11.3 Å². The average Bonchev–Trinajstić information content (AvgIpc) is 2.44.